The third-order valence-corrected chi connectivity index (χ3v) is 7.82. The summed E-state index contributed by atoms with van der Waals surface area (Å²) in [6.07, 6.45) is 0. The molecule has 4 aromatic rings. The fraction of sp³-hybridized carbons (Fsp3) is 0.250. The van der Waals surface area contributed by atoms with Crippen LogP contribution in [-0.2, 0) is 5.75 Å². The number of benzene rings is 2. The van der Waals surface area contributed by atoms with Gasteiger partial charge in [0.1, 0.15) is 10.7 Å². The summed E-state index contributed by atoms with van der Waals surface area (Å²) in [5.41, 5.74) is 2.04. The SMILES string of the molecule is CC(C)C(C)NC(=O)c1csc(CSc2nnc(-c3ccccc3Cl)n2-c2cccc(Cl)c2)n1. The maximum Gasteiger partial charge on any atom is 0.270 e. The lowest BCUT2D eigenvalue weighted by Gasteiger charge is -2.16. The van der Waals surface area contributed by atoms with Crippen molar-refractivity contribution in [2.45, 2.75) is 37.7 Å². The molecule has 4 rings (SSSR count). The molecule has 1 amide bonds. The van der Waals surface area contributed by atoms with Gasteiger partial charge >= 0.3 is 0 Å². The van der Waals surface area contributed by atoms with Crippen LogP contribution in [0.15, 0.2) is 59.1 Å². The quantitative estimate of drug-likeness (QED) is 0.254. The minimum absolute atomic E-state index is 0.0755. The van der Waals surface area contributed by atoms with Crippen LogP contribution >= 0.6 is 46.3 Å². The van der Waals surface area contributed by atoms with Gasteiger partial charge in [-0.2, -0.15) is 0 Å². The predicted molar refractivity (Wildman–Crippen MR) is 140 cm³/mol. The number of nitrogens with zero attached hydrogens (tertiary/aromatic N) is 4. The molecule has 0 spiro atoms. The second-order valence-corrected chi connectivity index (χ2v) is 10.8. The average molecular weight is 533 g/mol. The molecule has 0 saturated heterocycles. The van der Waals surface area contributed by atoms with Gasteiger partial charge in [0, 0.05) is 22.0 Å². The first-order chi connectivity index (χ1) is 16.3. The molecule has 1 unspecified atom stereocenters. The van der Waals surface area contributed by atoms with Gasteiger partial charge in [0.2, 0.25) is 0 Å². The molecule has 0 aliphatic rings. The Morgan fingerprint density at radius 1 is 1.12 bits per heavy atom. The van der Waals surface area contributed by atoms with E-state index in [4.69, 9.17) is 23.2 Å². The Kier molecular flexibility index (Phi) is 7.93. The van der Waals surface area contributed by atoms with Crippen molar-refractivity contribution in [1.29, 1.82) is 0 Å². The van der Waals surface area contributed by atoms with Gasteiger partial charge in [-0.15, -0.1) is 21.5 Å². The molecular formula is C24H23Cl2N5OS2. The highest BCUT2D eigenvalue weighted by Gasteiger charge is 2.20. The Balaban J connectivity index is 1.59. The highest BCUT2D eigenvalue weighted by molar-refractivity contribution is 7.98. The van der Waals surface area contributed by atoms with Gasteiger partial charge in [0.05, 0.1) is 16.5 Å². The number of amides is 1. The van der Waals surface area contributed by atoms with E-state index in [1.165, 1.54) is 23.1 Å². The van der Waals surface area contributed by atoms with E-state index in [1.807, 2.05) is 60.0 Å². The van der Waals surface area contributed by atoms with Crippen LogP contribution in [0.1, 0.15) is 36.3 Å². The van der Waals surface area contributed by atoms with Crippen molar-refractivity contribution in [3.8, 4) is 17.1 Å². The normalized spacial score (nSPS) is 12.2. The van der Waals surface area contributed by atoms with E-state index >= 15 is 0 Å². The molecule has 10 heteroatoms. The summed E-state index contributed by atoms with van der Waals surface area (Å²) in [4.78, 5) is 17.0. The van der Waals surface area contributed by atoms with Crippen LogP contribution < -0.4 is 5.32 Å². The van der Waals surface area contributed by atoms with Crippen molar-refractivity contribution >= 4 is 52.2 Å². The van der Waals surface area contributed by atoms with E-state index in [0.717, 1.165) is 16.3 Å². The first-order valence-corrected chi connectivity index (χ1v) is 13.3. The van der Waals surface area contributed by atoms with Gasteiger partial charge in [0.25, 0.3) is 5.91 Å². The molecule has 0 aliphatic carbocycles. The van der Waals surface area contributed by atoms with Gasteiger partial charge in [-0.05, 0) is 43.2 Å². The summed E-state index contributed by atoms with van der Waals surface area (Å²) in [6, 6.07) is 15.1. The van der Waals surface area contributed by atoms with Gasteiger partial charge in [-0.25, -0.2) is 4.98 Å². The largest absolute Gasteiger partial charge is 0.348 e. The number of halogens is 2. The third-order valence-electron chi connectivity index (χ3n) is 5.28. The number of hydrogen-bond acceptors (Lipinski definition) is 6. The van der Waals surface area contributed by atoms with Crippen molar-refractivity contribution in [2.24, 2.45) is 5.92 Å². The Hall–Kier alpha value is -2.39. The monoisotopic (exact) mass is 531 g/mol. The zero-order valence-electron chi connectivity index (χ0n) is 18.8. The second kappa shape index (κ2) is 10.9. The lowest BCUT2D eigenvalue weighted by Crippen LogP contribution is -2.36. The van der Waals surface area contributed by atoms with Crippen LogP contribution in [0.2, 0.25) is 10.0 Å². The summed E-state index contributed by atoms with van der Waals surface area (Å²) < 4.78 is 1.93. The molecule has 2 aromatic heterocycles. The van der Waals surface area contributed by atoms with Crippen molar-refractivity contribution in [2.75, 3.05) is 0 Å². The lowest BCUT2D eigenvalue weighted by molar-refractivity contribution is 0.0926. The number of carbonyl (C=O) groups is 1. The number of carbonyl (C=O) groups excluding carboxylic acids is 1. The molecule has 6 nitrogen and oxygen atoms in total. The van der Waals surface area contributed by atoms with Crippen molar-refractivity contribution in [3.63, 3.8) is 0 Å². The molecule has 0 bridgehead atoms. The van der Waals surface area contributed by atoms with Crippen molar-refractivity contribution in [3.05, 3.63) is 74.7 Å². The number of hydrogen-bond donors (Lipinski definition) is 1. The molecule has 0 saturated carbocycles. The van der Waals surface area contributed by atoms with E-state index in [2.05, 4.69) is 34.3 Å². The number of aromatic nitrogens is 4. The predicted octanol–water partition coefficient (Wildman–Crippen LogP) is 6.76. The van der Waals surface area contributed by atoms with Crippen molar-refractivity contribution in [1.82, 2.24) is 25.1 Å². The average Bonchev–Trinajstić information content (AvgIpc) is 3.45. The molecule has 2 heterocycles. The minimum Gasteiger partial charge on any atom is -0.348 e. The highest BCUT2D eigenvalue weighted by Crippen LogP contribution is 2.33. The Morgan fingerprint density at radius 2 is 1.91 bits per heavy atom. The molecule has 34 heavy (non-hydrogen) atoms. The van der Waals surface area contributed by atoms with Crippen LogP contribution in [-0.4, -0.2) is 31.7 Å². The van der Waals surface area contributed by atoms with Crippen LogP contribution in [0.25, 0.3) is 17.1 Å². The van der Waals surface area contributed by atoms with E-state index in [0.29, 0.717) is 38.4 Å². The number of thiazole rings is 1. The van der Waals surface area contributed by atoms with Crippen LogP contribution in [0.5, 0.6) is 0 Å². The number of thioether (sulfide) groups is 1. The lowest BCUT2D eigenvalue weighted by atomic mass is 10.1. The first-order valence-electron chi connectivity index (χ1n) is 10.7. The molecule has 2 aromatic carbocycles. The number of nitrogens with one attached hydrogen (secondary N) is 1. The summed E-state index contributed by atoms with van der Waals surface area (Å²) in [5.74, 6) is 1.36. The molecule has 0 aliphatic heterocycles. The van der Waals surface area contributed by atoms with Gasteiger partial charge in [-0.1, -0.05) is 67.0 Å². The van der Waals surface area contributed by atoms with E-state index in [-0.39, 0.29) is 11.9 Å². The molecule has 0 radical (unpaired) electrons. The molecule has 0 fully saturated rings. The Morgan fingerprint density at radius 3 is 2.65 bits per heavy atom. The smallest absolute Gasteiger partial charge is 0.270 e. The second-order valence-electron chi connectivity index (χ2n) is 8.02. The van der Waals surface area contributed by atoms with Crippen LogP contribution in [0, 0.1) is 5.92 Å². The maximum atomic E-state index is 12.5. The van der Waals surface area contributed by atoms with E-state index in [1.54, 1.807) is 5.38 Å². The van der Waals surface area contributed by atoms with Crippen molar-refractivity contribution < 1.29 is 4.79 Å². The molecule has 176 valence electrons. The molecule has 1 N–H and O–H groups in total. The molecular weight excluding hydrogens is 509 g/mol. The zero-order chi connectivity index (χ0) is 24.2. The maximum absolute atomic E-state index is 12.5. The summed E-state index contributed by atoms with van der Waals surface area (Å²) in [5, 5.41) is 16.3. The summed E-state index contributed by atoms with van der Waals surface area (Å²) in [7, 11) is 0. The van der Waals surface area contributed by atoms with Crippen LogP contribution in [0.3, 0.4) is 0 Å². The standard InChI is InChI=1S/C24H23Cl2N5OS2/c1-14(2)15(3)27-23(32)20-12-33-21(28-20)13-34-24-30-29-22(18-9-4-5-10-19(18)26)31(24)17-8-6-7-16(25)11-17/h4-12,14-15H,13H2,1-3H3,(H,27,32). The third kappa shape index (κ3) is 5.63. The highest BCUT2D eigenvalue weighted by atomic mass is 35.5. The Bertz CT molecular complexity index is 1300. The Labute approximate surface area is 216 Å². The van der Waals surface area contributed by atoms with E-state index in [9.17, 15) is 4.79 Å². The topological polar surface area (TPSA) is 72.7 Å². The first kappa shape index (κ1) is 24.7. The zero-order valence-corrected chi connectivity index (χ0v) is 22.0. The van der Waals surface area contributed by atoms with Crippen LogP contribution in [0.4, 0.5) is 0 Å². The minimum atomic E-state index is -0.156. The number of rotatable bonds is 8. The van der Waals surface area contributed by atoms with Gasteiger partial charge in [-0.3, -0.25) is 9.36 Å². The fourth-order valence-corrected chi connectivity index (χ4v) is 5.23. The fourth-order valence-electron chi connectivity index (χ4n) is 3.08. The van der Waals surface area contributed by atoms with Gasteiger partial charge in [0.15, 0.2) is 11.0 Å². The summed E-state index contributed by atoms with van der Waals surface area (Å²) >= 11 is 15.7. The molecule has 1 atom stereocenters. The van der Waals surface area contributed by atoms with E-state index < -0.39 is 0 Å². The summed E-state index contributed by atoms with van der Waals surface area (Å²) in [6.45, 7) is 6.13. The van der Waals surface area contributed by atoms with Gasteiger partial charge < -0.3 is 5.32 Å².